The topological polar surface area (TPSA) is 51.1 Å². The van der Waals surface area contributed by atoms with Gasteiger partial charge in [0.15, 0.2) is 0 Å². The molecule has 1 fully saturated rings. The van der Waals surface area contributed by atoms with Crippen molar-refractivity contribution in [2.75, 3.05) is 5.32 Å². The van der Waals surface area contributed by atoms with Gasteiger partial charge in [0.1, 0.15) is 5.69 Å². The van der Waals surface area contributed by atoms with Gasteiger partial charge in [0.25, 0.3) is 0 Å². The third kappa shape index (κ3) is 3.51. The minimum Gasteiger partial charge on any atom is -0.351 e. The van der Waals surface area contributed by atoms with Crippen molar-refractivity contribution in [2.45, 2.75) is 25.8 Å². The van der Waals surface area contributed by atoms with E-state index in [1.165, 1.54) is 0 Å². The average molecular weight is 396 g/mol. The van der Waals surface area contributed by atoms with Gasteiger partial charge in [-0.25, -0.2) is 0 Å². The number of halogens is 2. The molecule has 0 bridgehead atoms. The lowest BCUT2D eigenvalue weighted by molar-refractivity contribution is -0.117. The third-order valence-electron chi connectivity index (χ3n) is 4.06. The number of amides is 1. The molecule has 1 heterocycles. The third-order valence-corrected chi connectivity index (χ3v) is 4.86. The van der Waals surface area contributed by atoms with Crippen LogP contribution in [0.1, 0.15) is 24.8 Å². The molecule has 0 radical (unpaired) electrons. The molecule has 3 rings (SSSR count). The van der Waals surface area contributed by atoms with E-state index in [0.717, 1.165) is 18.5 Å². The van der Waals surface area contributed by atoms with Gasteiger partial charge in [-0.2, -0.15) is 0 Å². The van der Waals surface area contributed by atoms with Crippen LogP contribution in [0.2, 0.25) is 5.02 Å². The number of carbonyl (C=O) groups is 1. The summed E-state index contributed by atoms with van der Waals surface area (Å²) in [6, 6.07) is 7.58. The summed E-state index contributed by atoms with van der Waals surface area (Å²) in [5, 5.41) is 3.44. The normalized spacial score (nSPS) is 19.4. The Morgan fingerprint density at radius 3 is 2.91 bits per heavy atom. The second kappa shape index (κ2) is 6.49. The van der Waals surface area contributed by atoms with E-state index in [4.69, 9.17) is 11.6 Å². The Hall–Kier alpha value is -1.59. The first-order valence-corrected chi connectivity index (χ1v) is 8.62. The minimum absolute atomic E-state index is 0.109. The van der Waals surface area contributed by atoms with Crippen LogP contribution in [0.3, 0.4) is 0 Å². The zero-order valence-electron chi connectivity index (χ0n) is 12.6. The van der Waals surface area contributed by atoms with Crippen LogP contribution in [0.5, 0.6) is 0 Å². The summed E-state index contributed by atoms with van der Waals surface area (Å²) in [6.07, 6.45) is 4.16. The van der Waals surface area contributed by atoms with Crippen LogP contribution >= 0.6 is 27.5 Å². The molecular formula is C17H16BrClN2O2. The molecule has 6 heteroatoms. The Morgan fingerprint density at radius 2 is 2.22 bits per heavy atom. The molecule has 120 valence electrons. The highest BCUT2D eigenvalue weighted by atomic mass is 79.9. The first kappa shape index (κ1) is 16.3. The van der Waals surface area contributed by atoms with E-state index in [0.29, 0.717) is 15.2 Å². The highest BCUT2D eigenvalue weighted by Gasteiger charge is 2.44. The quantitative estimate of drug-likeness (QED) is 0.850. The number of rotatable bonds is 4. The number of anilines is 1. The molecule has 0 saturated heterocycles. The summed E-state index contributed by atoms with van der Waals surface area (Å²) < 4.78 is 2.29. The lowest BCUT2D eigenvalue weighted by Crippen LogP contribution is -2.22. The zero-order valence-corrected chi connectivity index (χ0v) is 14.9. The van der Waals surface area contributed by atoms with Crippen LogP contribution in [0.15, 0.2) is 45.9 Å². The van der Waals surface area contributed by atoms with Crippen molar-refractivity contribution in [3.05, 3.63) is 61.9 Å². The number of carbonyl (C=O) groups excluding carboxylic acids is 1. The van der Waals surface area contributed by atoms with E-state index in [9.17, 15) is 9.59 Å². The van der Waals surface area contributed by atoms with Crippen LogP contribution in [0.4, 0.5) is 5.69 Å². The maximum atomic E-state index is 12.4. The number of nitrogens with one attached hydrogen (secondary N) is 1. The molecule has 1 N–H and O–H groups in total. The maximum absolute atomic E-state index is 12.4. The molecule has 0 unspecified atom stereocenters. The van der Waals surface area contributed by atoms with E-state index < -0.39 is 0 Å². The van der Waals surface area contributed by atoms with E-state index >= 15 is 0 Å². The number of benzene rings is 1. The van der Waals surface area contributed by atoms with Crippen LogP contribution in [-0.2, 0) is 11.3 Å². The van der Waals surface area contributed by atoms with E-state index in [1.54, 1.807) is 12.4 Å². The molecule has 1 aromatic carbocycles. The molecule has 1 aliphatic carbocycles. The zero-order chi connectivity index (χ0) is 16.6. The second-order valence-corrected chi connectivity index (χ2v) is 6.96. The molecule has 23 heavy (non-hydrogen) atoms. The molecule has 0 aliphatic heterocycles. The van der Waals surface area contributed by atoms with Crippen molar-refractivity contribution in [1.82, 2.24) is 4.57 Å². The number of aryl methyl sites for hydroxylation is 1. The number of aromatic nitrogens is 1. The number of hydrogen-bond donors (Lipinski definition) is 1. The Kier molecular flexibility index (Phi) is 4.60. The Balaban J connectivity index is 1.74. The van der Waals surface area contributed by atoms with Crippen molar-refractivity contribution in [3.63, 3.8) is 0 Å². The summed E-state index contributed by atoms with van der Waals surface area (Å²) in [7, 11) is 0. The van der Waals surface area contributed by atoms with Crippen molar-refractivity contribution < 1.29 is 4.79 Å². The minimum atomic E-state index is -0.206. The van der Waals surface area contributed by atoms with Gasteiger partial charge in [-0.15, -0.1) is 0 Å². The monoisotopic (exact) mass is 394 g/mol. The van der Waals surface area contributed by atoms with Crippen molar-refractivity contribution in [3.8, 4) is 0 Å². The molecule has 1 amide bonds. The van der Waals surface area contributed by atoms with Gasteiger partial charge in [0, 0.05) is 29.9 Å². The summed E-state index contributed by atoms with van der Waals surface area (Å²) >= 11 is 9.23. The Labute approximate surface area is 147 Å². The van der Waals surface area contributed by atoms with Gasteiger partial charge in [-0.3, -0.25) is 9.59 Å². The van der Waals surface area contributed by atoms with E-state index in [2.05, 4.69) is 21.2 Å². The average Bonchev–Trinajstić information content (AvgIpc) is 3.32. The van der Waals surface area contributed by atoms with E-state index in [-0.39, 0.29) is 23.2 Å². The molecule has 0 spiro atoms. The maximum Gasteiger partial charge on any atom is 0.228 e. The van der Waals surface area contributed by atoms with Gasteiger partial charge >= 0.3 is 0 Å². The Morgan fingerprint density at radius 1 is 1.43 bits per heavy atom. The fraction of sp³-hybridized carbons (Fsp3) is 0.294. The van der Waals surface area contributed by atoms with Gasteiger partial charge in [0.05, 0.1) is 4.47 Å². The Bertz CT molecular complexity index is 818. The predicted octanol–water partition coefficient (Wildman–Crippen LogP) is 4.03. The second-order valence-electron chi connectivity index (χ2n) is 5.67. The molecule has 1 aromatic heterocycles. The molecular weight excluding hydrogens is 380 g/mol. The molecule has 1 saturated carbocycles. The molecule has 2 aromatic rings. The first-order valence-electron chi connectivity index (χ1n) is 7.45. The lowest BCUT2D eigenvalue weighted by atomic mass is 10.1. The standard InChI is InChI=1S/C17H16BrClN2O2/c1-2-21-8-14(18)16(22)15(9-21)20-17(23)13-7-12(13)10-4-3-5-11(19)6-10/h3-6,8-9,12-13H,2,7H2,1H3,(H,20,23)/t12-,13+/m1/s1. The number of nitrogens with zero attached hydrogens (tertiary/aromatic N) is 1. The SMILES string of the molecule is CCn1cc(Br)c(=O)c(NC(=O)[C@H]2C[C@@H]2c2cccc(Cl)c2)c1. The van der Waals surface area contributed by atoms with Crippen LogP contribution in [0, 0.1) is 5.92 Å². The fourth-order valence-corrected chi connectivity index (χ4v) is 3.36. The number of hydrogen-bond acceptors (Lipinski definition) is 2. The number of pyridine rings is 1. The molecule has 4 nitrogen and oxygen atoms in total. The van der Waals surface area contributed by atoms with Gasteiger partial charge < -0.3 is 9.88 Å². The van der Waals surface area contributed by atoms with Crippen LogP contribution < -0.4 is 10.7 Å². The molecule has 2 atom stereocenters. The smallest absolute Gasteiger partial charge is 0.228 e. The van der Waals surface area contributed by atoms with Crippen molar-refractivity contribution in [2.24, 2.45) is 5.92 Å². The van der Waals surface area contributed by atoms with Crippen LogP contribution in [0.25, 0.3) is 0 Å². The largest absolute Gasteiger partial charge is 0.351 e. The van der Waals surface area contributed by atoms with Crippen LogP contribution in [-0.4, -0.2) is 10.5 Å². The van der Waals surface area contributed by atoms with Gasteiger partial charge in [-0.05, 0) is 52.9 Å². The summed E-state index contributed by atoms with van der Waals surface area (Å²) in [4.78, 5) is 24.5. The first-order chi connectivity index (χ1) is 11.0. The summed E-state index contributed by atoms with van der Waals surface area (Å²) in [6.45, 7) is 2.69. The summed E-state index contributed by atoms with van der Waals surface area (Å²) in [5.41, 5.74) is 1.17. The highest BCUT2D eigenvalue weighted by Crippen LogP contribution is 2.48. The molecule has 1 aliphatic rings. The van der Waals surface area contributed by atoms with Gasteiger partial charge in [-0.1, -0.05) is 23.7 Å². The fourth-order valence-electron chi connectivity index (χ4n) is 2.68. The van der Waals surface area contributed by atoms with Crippen molar-refractivity contribution in [1.29, 1.82) is 0 Å². The summed E-state index contributed by atoms with van der Waals surface area (Å²) in [5.74, 6) is -0.0518. The van der Waals surface area contributed by atoms with Crippen molar-refractivity contribution >= 4 is 39.1 Å². The predicted molar refractivity (Wildman–Crippen MR) is 95.0 cm³/mol. The lowest BCUT2D eigenvalue weighted by Gasteiger charge is -2.09. The highest BCUT2D eigenvalue weighted by molar-refractivity contribution is 9.10. The van der Waals surface area contributed by atoms with Gasteiger partial charge in [0.2, 0.25) is 11.3 Å². The van der Waals surface area contributed by atoms with E-state index in [1.807, 2.05) is 35.8 Å².